The normalized spacial score (nSPS) is 20.4. The van der Waals surface area contributed by atoms with E-state index < -0.39 is 29.6 Å². The van der Waals surface area contributed by atoms with Crippen molar-refractivity contribution in [3.8, 4) is 5.75 Å². The lowest BCUT2D eigenvalue weighted by Gasteiger charge is -2.38. The highest BCUT2D eigenvalue weighted by atomic mass is 35.5. The molecule has 8 nitrogen and oxygen atoms in total. The average molecular weight is 539 g/mol. The van der Waals surface area contributed by atoms with Gasteiger partial charge in [0, 0.05) is 29.0 Å². The molecule has 2 aliphatic rings. The van der Waals surface area contributed by atoms with Crippen LogP contribution in [0.4, 0.5) is 4.79 Å². The molecule has 3 heterocycles. The van der Waals surface area contributed by atoms with E-state index in [0.29, 0.717) is 25.9 Å². The minimum absolute atomic E-state index is 0.0538. The maximum Gasteiger partial charge on any atom is 0.409 e. The minimum Gasteiger partial charge on any atom is -0.507 e. The number of hydrogen-bond donors (Lipinski definition) is 1. The summed E-state index contributed by atoms with van der Waals surface area (Å²) in [5.74, 6) is -1.76. The summed E-state index contributed by atoms with van der Waals surface area (Å²) < 4.78 is 10.4. The molecule has 186 valence electrons. The van der Waals surface area contributed by atoms with Crippen molar-refractivity contribution in [2.45, 2.75) is 31.8 Å². The van der Waals surface area contributed by atoms with E-state index in [1.165, 1.54) is 35.5 Å². The van der Waals surface area contributed by atoms with E-state index in [0.717, 1.165) is 4.88 Å². The molecule has 2 aromatic rings. The number of amides is 2. The van der Waals surface area contributed by atoms with E-state index in [1.807, 2.05) is 17.5 Å². The van der Waals surface area contributed by atoms with Gasteiger partial charge in [0.05, 0.1) is 35.9 Å². The van der Waals surface area contributed by atoms with Crippen molar-refractivity contribution in [2.75, 3.05) is 26.8 Å². The zero-order chi connectivity index (χ0) is 25.3. The maximum absolute atomic E-state index is 13.3. The first-order chi connectivity index (χ1) is 16.8. The van der Waals surface area contributed by atoms with Crippen LogP contribution in [0.5, 0.6) is 5.75 Å². The van der Waals surface area contributed by atoms with Crippen LogP contribution >= 0.6 is 34.5 Å². The van der Waals surface area contributed by atoms with Crippen molar-refractivity contribution in [1.29, 1.82) is 0 Å². The number of halogens is 2. The number of likely N-dealkylation sites (tertiary alicyclic amines) is 2. The maximum atomic E-state index is 13.3. The summed E-state index contributed by atoms with van der Waals surface area (Å²) in [6.07, 6.45) is 0.549. The summed E-state index contributed by atoms with van der Waals surface area (Å²) >= 11 is 13.8. The van der Waals surface area contributed by atoms with Crippen molar-refractivity contribution in [3.63, 3.8) is 0 Å². The van der Waals surface area contributed by atoms with Gasteiger partial charge in [-0.3, -0.25) is 9.59 Å². The van der Waals surface area contributed by atoms with Crippen LogP contribution in [0.2, 0.25) is 10.0 Å². The Morgan fingerprint density at radius 1 is 1.23 bits per heavy atom. The Morgan fingerprint density at radius 3 is 2.54 bits per heavy atom. The molecule has 2 amide bonds. The Balaban J connectivity index is 1.76. The molecule has 1 unspecified atom stereocenters. The fraction of sp³-hybridized carbons (Fsp3) is 0.375. The third-order valence-electron chi connectivity index (χ3n) is 6.14. The van der Waals surface area contributed by atoms with Gasteiger partial charge in [0.2, 0.25) is 0 Å². The first kappa shape index (κ1) is 25.3. The van der Waals surface area contributed by atoms with Gasteiger partial charge in [-0.15, -0.1) is 11.3 Å². The molecular weight excluding hydrogens is 515 g/mol. The molecule has 11 heteroatoms. The van der Waals surface area contributed by atoms with Crippen LogP contribution in [-0.2, 0) is 14.3 Å². The molecule has 1 atom stereocenters. The predicted molar refractivity (Wildman–Crippen MR) is 133 cm³/mol. The van der Waals surface area contributed by atoms with Gasteiger partial charge in [0.25, 0.3) is 11.7 Å². The van der Waals surface area contributed by atoms with Gasteiger partial charge in [-0.2, -0.15) is 0 Å². The standard InChI is InChI=1S/C24H24Cl2N2O6S/c1-3-34-24(32)27-8-6-14(7-9-27)28-19(17-5-4-10-35-17)18(21(30)23(28)31)20(29)15-11-13(25)12-16(26)22(15)33-2/h4-5,10-12,14,19,29H,3,6-9H2,1-2H3/b20-18-. The Morgan fingerprint density at radius 2 is 1.94 bits per heavy atom. The van der Waals surface area contributed by atoms with Gasteiger partial charge in [-0.1, -0.05) is 29.3 Å². The number of thiophene rings is 1. The number of ether oxygens (including phenoxy) is 2. The molecule has 1 aromatic carbocycles. The molecule has 0 bridgehead atoms. The molecule has 0 radical (unpaired) electrons. The van der Waals surface area contributed by atoms with E-state index in [2.05, 4.69) is 0 Å². The second-order valence-corrected chi connectivity index (χ2v) is 9.93. The number of nitrogens with zero attached hydrogens (tertiary/aromatic N) is 2. The molecule has 35 heavy (non-hydrogen) atoms. The minimum atomic E-state index is -0.799. The lowest BCUT2D eigenvalue weighted by atomic mass is 9.97. The smallest absolute Gasteiger partial charge is 0.409 e. The Bertz CT molecular complexity index is 1170. The predicted octanol–water partition coefficient (Wildman–Crippen LogP) is 5.11. The van der Waals surface area contributed by atoms with Crippen molar-refractivity contribution in [2.24, 2.45) is 0 Å². The summed E-state index contributed by atoms with van der Waals surface area (Å²) in [5.41, 5.74) is 0.0728. The van der Waals surface area contributed by atoms with E-state index in [9.17, 15) is 19.5 Å². The SMILES string of the molecule is CCOC(=O)N1CCC(N2C(=O)C(=O)/C(=C(\O)c3cc(Cl)cc(Cl)c3OC)C2c2cccs2)CC1. The summed E-state index contributed by atoms with van der Waals surface area (Å²) in [7, 11) is 1.39. The number of piperidine rings is 1. The van der Waals surface area contributed by atoms with E-state index >= 15 is 0 Å². The zero-order valence-corrected chi connectivity index (χ0v) is 21.5. The molecule has 0 aliphatic carbocycles. The molecule has 2 aliphatic heterocycles. The monoisotopic (exact) mass is 538 g/mol. The largest absolute Gasteiger partial charge is 0.507 e. The summed E-state index contributed by atoms with van der Waals surface area (Å²) in [5, 5.41) is 13.6. The van der Waals surface area contributed by atoms with Gasteiger partial charge in [-0.05, 0) is 43.3 Å². The van der Waals surface area contributed by atoms with Gasteiger partial charge >= 0.3 is 6.09 Å². The van der Waals surface area contributed by atoms with Gasteiger partial charge in [-0.25, -0.2) is 4.79 Å². The fourth-order valence-corrected chi connectivity index (χ4v) is 5.99. The Kier molecular flexibility index (Phi) is 7.59. The molecule has 1 N–H and O–H groups in total. The van der Waals surface area contributed by atoms with Gasteiger partial charge in [0.1, 0.15) is 11.5 Å². The highest BCUT2D eigenvalue weighted by Gasteiger charge is 2.50. The first-order valence-electron chi connectivity index (χ1n) is 11.1. The third kappa shape index (κ3) is 4.72. The van der Waals surface area contributed by atoms with Crippen molar-refractivity contribution >= 4 is 58.1 Å². The zero-order valence-electron chi connectivity index (χ0n) is 19.1. The highest BCUT2D eigenvalue weighted by molar-refractivity contribution is 7.10. The number of rotatable bonds is 5. The number of benzene rings is 1. The first-order valence-corrected chi connectivity index (χ1v) is 12.7. The summed E-state index contributed by atoms with van der Waals surface area (Å²) in [4.78, 5) is 42.6. The van der Waals surface area contributed by atoms with Crippen LogP contribution in [0.15, 0.2) is 35.2 Å². The second kappa shape index (κ2) is 10.5. The number of Topliss-reactive ketones (excluding diaryl/α,β-unsaturated/α-hetero) is 1. The number of hydrogen-bond acceptors (Lipinski definition) is 7. The lowest BCUT2D eigenvalue weighted by molar-refractivity contribution is -0.142. The van der Waals surface area contributed by atoms with Crippen LogP contribution in [0, 0.1) is 0 Å². The number of aliphatic hydroxyl groups excluding tert-OH is 1. The van der Waals surface area contributed by atoms with Crippen LogP contribution in [0.3, 0.4) is 0 Å². The number of carbonyl (C=O) groups is 3. The average Bonchev–Trinajstić information content (AvgIpc) is 3.45. The van der Waals surface area contributed by atoms with Gasteiger partial charge in [0.15, 0.2) is 0 Å². The fourth-order valence-electron chi connectivity index (χ4n) is 4.58. The van der Waals surface area contributed by atoms with Crippen LogP contribution in [0.25, 0.3) is 5.76 Å². The Hall–Kier alpha value is -2.75. The third-order valence-corrected chi connectivity index (χ3v) is 7.57. The molecule has 2 fully saturated rings. The lowest BCUT2D eigenvalue weighted by Crippen LogP contribution is -2.48. The van der Waals surface area contributed by atoms with Crippen LogP contribution < -0.4 is 4.74 Å². The summed E-state index contributed by atoms with van der Waals surface area (Å²) in [6.45, 7) is 2.80. The molecule has 4 rings (SSSR count). The van der Waals surface area contributed by atoms with Crippen LogP contribution in [-0.4, -0.2) is 65.5 Å². The number of aliphatic hydroxyl groups is 1. The number of ketones is 1. The van der Waals surface area contributed by atoms with Crippen molar-refractivity contribution in [3.05, 3.63) is 55.7 Å². The van der Waals surface area contributed by atoms with E-state index in [-0.39, 0.29) is 39.6 Å². The molecular formula is C24H24Cl2N2O6S. The molecule has 1 aromatic heterocycles. The number of methoxy groups -OCH3 is 1. The van der Waals surface area contributed by atoms with Crippen molar-refractivity contribution < 1.29 is 29.0 Å². The second-order valence-electron chi connectivity index (χ2n) is 8.11. The topological polar surface area (TPSA) is 96.4 Å². The van der Waals surface area contributed by atoms with Crippen molar-refractivity contribution in [1.82, 2.24) is 9.80 Å². The van der Waals surface area contributed by atoms with Gasteiger partial charge < -0.3 is 24.4 Å². The molecule has 0 spiro atoms. The van der Waals surface area contributed by atoms with Crippen LogP contribution in [0.1, 0.15) is 36.2 Å². The van der Waals surface area contributed by atoms with E-state index in [1.54, 1.807) is 11.8 Å². The summed E-state index contributed by atoms with van der Waals surface area (Å²) in [6, 6.07) is 5.44. The highest BCUT2D eigenvalue weighted by Crippen LogP contribution is 2.46. The molecule has 0 saturated carbocycles. The molecule has 2 saturated heterocycles. The number of carbonyl (C=O) groups excluding carboxylic acids is 3. The Labute approximate surface area is 216 Å². The quantitative estimate of drug-likeness (QED) is 0.323. The van der Waals surface area contributed by atoms with E-state index in [4.69, 9.17) is 32.7 Å².